The molecule has 0 aromatic heterocycles. The van der Waals surface area contributed by atoms with Crippen molar-refractivity contribution >= 4 is 13.7 Å². The Morgan fingerprint density at radius 2 is 0.892 bits per heavy atom. The van der Waals surface area contributed by atoms with Gasteiger partial charge in [0.2, 0.25) is 5.91 Å². The smallest absolute Gasteiger partial charge is 0.268 e. The standard InChI is InChI=1S/C56H109N2O6P/c1-6-8-10-12-14-15-16-17-18-19-20-21-22-23-24-25-26-27-28-29-30-31-32-33-34-35-36-37-38-39-40-41-42-43-44-46-48-50-56(60)57-54(55(59)49-47-45-13-11-9-7-2)53-64-65(61,62)63-52-51-58(3,4)5/h16-17,19-20,47,49,54-55,59H,6-15,18,21-46,48,50-53H2,1-5H3,(H-,57,60,61,62)/b17-16-,20-19-,49-47+. The van der Waals surface area contributed by atoms with Crippen LogP contribution in [0.1, 0.15) is 264 Å². The van der Waals surface area contributed by atoms with Crippen LogP contribution in [0.4, 0.5) is 0 Å². The molecule has 2 N–H and O–H groups in total. The molecule has 0 bridgehead atoms. The molecule has 0 rings (SSSR count). The first kappa shape index (κ1) is 63.7. The van der Waals surface area contributed by atoms with Gasteiger partial charge in [-0.25, -0.2) is 0 Å². The van der Waals surface area contributed by atoms with E-state index in [2.05, 4.69) is 43.5 Å². The van der Waals surface area contributed by atoms with Crippen LogP contribution in [0.3, 0.4) is 0 Å². The fourth-order valence-electron chi connectivity index (χ4n) is 8.18. The van der Waals surface area contributed by atoms with Gasteiger partial charge >= 0.3 is 0 Å². The van der Waals surface area contributed by atoms with Gasteiger partial charge in [0, 0.05) is 6.42 Å². The highest BCUT2D eigenvalue weighted by atomic mass is 31.2. The number of nitrogens with zero attached hydrogens (tertiary/aromatic N) is 1. The molecule has 0 fully saturated rings. The highest BCUT2D eigenvalue weighted by Crippen LogP contribution is 2.38. The van der Waals surface area contributed by atoms with E-state index in [1.807, 2.05) is 27.2 Å². The zero-order chi connectivity index (χ0) is 47.8. The third-order valence-corrected chi connectivity index (χ3v) is 13.6. The van der Waals surface area contributed by atoms with E-state index < -0.39 is 20.0 Å². The Hall–Kier alpha value is -1.28. The van der Waals surface area contributed by atoms with Crippen LogP contribution in [0.5, 0.6) is 0 Å². The molecule has 0 saturated heterocycles. The Morgan fingerprint density at radius 3 is 1.29 bits per heavy atom. The summed E-state index contributed by atoms with van der Waals surface area (Å²) in [7, 11) is 1.26. The predicted molar refractivity (Wildman–Crippen MR) is 279 cm³/mol. The number of quaternary nitrogens is 1. The quantitative estimate of drug-likeness (QED) is 0.0272. The molecular weight excluding hydrogens is 828 g/mol. The van der Waals surface area contributed by atoms with Crippen molar-refractivity contribution in [3.63, 3.8) is 0 Å². The maximum absolute atomic E-state index is 12.8. The van der Waals surface area contributed by atoms with Crippen LogP contribution in [0.25, 0.3) is 0 Å². The summed E-state index contributed by atoms with van der Waals surface area (Å²) < 4.78 is 23.1. The average Bonchev–Trinajstić information content (AvgIpc) is 3.26. The molecule has 3 atom stereocenters. The lowest BCUT2D eigenvalue weighted by Crippen LogP contribution is -2.45. The summed E-state index contributed by atoms with van der Waals surface area (Å²) in [6.45, 7) is 4.57. The predicted octanol–water partition coefficient (Wildman–Crippen LogP) is 16.0. The number of aliphatic hydroxyl groups excluding tert-OH is 1. The van der Waals surface area contributed by atoms with Gasteiger partial charge in [0.1, 0.15) is 13.2 Å². The molecule has 0 spiro atoms. The second kappa shape index (κ2) is 47.8. The number of hydrogen-bond acceptors (Lipinski definition) is 6. The van der Waals surface area contributed by atoms with Gasteiger partial charge in [-0.1, -0.05) is 243 Å². The number of rotatable bonds is 51. The molecule has 0 aromatic carbocycles. The van der Waals surface area contributed by atoms with Crippen molar-refractivity contribution in [2.24, 2.45) is 0 Å². The SMILES string of the molecule is CCCCCC/C=C/C(O)C(COP(=O)([O-])OCC[N+](C)(C)C)NC(=O)CCCCCCCCCCCCCCCCCCCCCCCCCCC/C=C\C/C=C\CCCCCCC. The Labute approximate surface area is 404 Å². The number of hydrogen-bond donors (Lipinski definition) is 2. The number of amides is 1. The van der Waals surface area contributed by atoms with Gasteiger partial charge in [0.25, 0.3) is 7.82 Å². The molecule has 8 nitrogen and oxygen atoms in total. The van der Waals surface area contributed by atoms with Gasteiger partial charge in [-0.2, -0.15) is 0 Å². The third-order valence-electron chi connectivity index (χ3n) is 12.6. The molecule has 9 heteroatoms. The van der Waals surface area contributed by atoms with Gasteiger partial charge in [-0.3, -0.25) is 9.36 Å². The van der Waals surface area contributed by atoms with Crippen LogP contribution < -0.4 is 10.2 Å². The monoisotopic (exact) mass is 937 g/mol. The number of carbonyl (C=O) groups excluding carboxylic acids is 1. The highest BCUT2D eigenvalue weighted by molar-refractivity contribution is 7.45. The molecule has 65 heavy (non-hydrogen) atoms. The van der Waals surface area contributed by atoms with Crippen molar-refractivity contribution in [3.05, 3.63) is 36.5 Å². The molecule has 1 amide bonds. The van der Waals surface area contributed by atoms with Crippen LogP contribution in [-0.4, -0.2) is 68.5 Å². The Morgan fingerprint density at radius 1 is 0.538 bits per heavy atom. The second-order valence-corrected chi connectivity index (χ2v) is 21.7. The summed E-state index contributed by atoms with van der Waals surface area (Å²) in [6.07, 6.45) is 61.4. The first-order valence-electron chi connectivity index (χ1n) is 27.9. The fourth-order valence-corrected chi connectivity index (χ4v) is 8.91. The summed E-state index contributed by atoms with van der Waals surface area (Å²) in [6, 6.07) is -0.880. The largest absolute Gasteiger partial charge is 0.756 e. The number of phosphoric acid groups is 1. The van der Waals surface area contributed by atoms with E-state index in [0.717, 1.165) is 51.4 Å². The molecule has 0 heterocycles. The van der Waals surface area contributed by atoms with Gasteiger partial charge in [0.15, 0.2) is 0 Å². The molecule has 3 unspecified atom stereocenters. The van der Waals surface area contributed by atoms with E-state index in [0.29, 0.717) is 17.4 Å². The zero-order valence-corrected chi connectivity index (χ0v) is 44.6. The molecule has 0 aliphatic rings. The number of carbonyl (C=O) groups is 1. The Kier molecular flexibility index (Phi) is 46.8. The number of nitrogens with one attached hydrogen (secondary N) is 1. The summed E-state index contributed by atoms with van der Waals surface area (Å²) in [4.78, 5) is 25.2. The van der Waals surface area contributed by atoms with Crippen LogP contribution >= 0.6 is 7.82 Å². The van der Waals surface area contributed by atoms with Crippen LogP contribution in [0.2, 0.25) is 0 Å². The highest BCUT2D eigenvalue weighted by Gasteiger charge is 2.23. The first-order chi connectivity index (χ1) is 31.5. The summed E-state index contributed by atoms with van der Waals surface area (Å²) in [5.74, 6) is -0.199. The van der Waals surface area contributed by atoms with Crippen LogP contribution in [0.15, 0.2) is 36.5 Å². The topological polar surface area (TPSA) is 108 Å². The normalized spacial score (nSPS) is 14.3. The number of phosphoric ester groups is 1. The van der Waals surface area contributed by atoms with E-state index in [1.54, 1.807) is 6.08 Å². The van der Waals surface area contributed by atoms with Crippen molar-refractivity contribution in [3.8, 4) is 0 Å². The Balaban J connectivity index is 3.73. The van der Waals surface area contributed by atoms with Crippen molar-refractivity contribution < 1.29 is 32.9 Å². The maximum atomic E-state index is 12.8. The van der Waals surface area contributed by atoms with E-state index in [9.17, 15) is 19.4 Å². The fraction of sp³-hybridized carbons (Fsp3) is 0.875. The number of unbranched alkanes of at least 4 members (excludes halogenated alkanes) is 34. The third kappa shape index (κ3) is 50.4. The van der Waals surface area contributed by atoms with E-state index in [1.165, 1.54) is 193 Å². The van der Waals surface area contributed by atoms with Gasteiger partial charge < -0.3 is 28.8 Å². The number of likely N-dealkylation sites (N-methyl/N-ethyl adjacent to an activating group) is 1. The van der Waals surface area contributed by atoms with E-state index in [4.69, 9.17) is 9.05 Å². The maximum Gasteiger partial charge on any atom is 0.268 e. The molecular formula is C56H109N2O6P. The lowest BCUT2D eigenvalue weighted by atomic mass is 10.0. The van der Waals surface area contributed by atoms with Crippen molar-refractivity contribution in [1.29, 1.82) is 0 Å². The number of allylic oxidation sites excluding steroid dienone is 5. The molecule has 0 saturated carbocycles. The first-order valence-corrected chi connectivity index (χ1v) is 29.3. The number of aliphatic hydroxyl groups is 1. The molecule has 0 radical (unpaired) electrons. The van der Waals surface area contributed by atoms with Crippen LogP contribution in [0, 0.1) is 0 Å². The van der Waals surface area contributed by atoms with Gasteiger partial charge in [-0.15, -0.1) is 0 Å². The van der Waals surface area contributed by atoms with Gasteiger partial charge in [-0.05, 0) is 51.4 Å². The van der Waals surface area contributed by atoms with Crippen molar-refractivity contribution in [2.75, 3.05) is 40.9 Å². The summed E-state index contributed by atoms with van der Waals surface area (Å²) in [5.41, 5.74) is 0. The van der Waals surface area contributed by atoms with E-state index in [-0.39, 0.29) is 19.1 Å². The summed E-state index contributed by atoms with van der Waals surface area (Å²) >= 11 is 0. The molecule has 0 aliphatic carbocycles. The molecule has 0 aliphatic heterocycles. The lowest BCUT2D eigenvalue weighted by molar-refractivity contribution is -0.870. The van der Waals surface area contributed by atoms with E-state index >= 15 is 0 Å². The second-order valence-electron chi connectivity index (χ2n) is 20.3. The summed E-state index contributed by atoms with van der Waals surface area (Å²) in [5, 5.41) is 13.6. The average molecular weight is 937 g/mol. The van der Waals surface area contributed by atoms with Gasteiger partial charge in [0.05, 0.1) is 39.9 Å². The lowest BCUT2D eigenvalue weighted by Gasteiger charge is -2.29. The van der Waals surface area contributed by atoms with Crippen LogP contribution in [-0.2, 0) is 18.4 Å². The Bertz CT molecular complexity index is 1150. The minimum absolute atomic E-state index is 0.000111. The van der Waals surface area contributed by atoms with Crippen molar-refractivity contribution in [2.45, 2.75) is 276 Å². The molecule has 0 aromatic rings. The van der Waals surface area contributed by atoms with Crippen molar-refractivity contribution in [1.82, 2.24) is 5.32 Å². The molecule has 384 valence electrons. The minimum atomic E-state index is -4.58. The zero-order valence-electron chi connectivity index (χ0n) is 43.7. The minimum Gasteiger partial charge on any atom is -0.756 e.